The summed E-state index contributed by atoms with van der Waals surface area (Å²) in [5.41, 5.74) is 2.52. The lowest BCUT2D eigenvalue weighted by molar-refractivity contribution is 0.0953. The standard InChI is InChI=1S/C10H10IN5O2S/c1-5-13-2-7(11)10(18)16(5)3-6-4-19-9(14-6)8(17)15-12/h2,4H,3,12H2,1H3,(H,15,17). The van der Waals surface area contributed by atoms with Crippen LogP contribution in [0, 0.1) is 10.5 Å². The number of carbonyl (C=O) groups excluding carboxylic acids is 1. The molecule has 19 heavy (non-hydrogen) atoms. The first-order valence-electron chi connectivity index (χ1n) is 5.20. The van der Waals surface area contributed by atoms with Gasteiger partial charge in [0, 0.05) is 11.6 Å². The molecule has 2 aromatic rings. The molecule has 0 bridgehead atoms. The second-order valence-corrected chi connectivity index (χ2v) is 5.68. The van der Waals surface area contributed by atoms with Crippen LogP contribution >= 0.6 is 33.9 Å². The van der Waals surface area contributed by atoms with Crippen molar-refractivity contribution in [2.45, 2.75) is 13.5 Å². The third kappa shape index (κ3) is 2.98. The van der Waals surface area contributed by atoms with Crippen LogP contribution in [-0.4, -0.2) is 20.4 Å². The van der Waals surface area contributed by atoms with Crippen LogP contribution in [0.1, 0.15) is 21.3 Å². The number of nitrogens with one attached hydrogen (secondary N) is 1. The molecule has 0 aromatic carbocycles. The third-order valence-electron chi connectivity index (χ3n) is 2.40. The minimum Gasteiger partial charge on any atom is -0.290 e. The van der Waals surface area contributed by atoms with Crippen LogP contribution < -0.4 is 16.8 Å². The van der Waals surface area contributed by atoms with Crippen molar-refractivity contribution in [1.82, 2.24) is 20.0 Å². The molecule has 0 aliphatic rings. The first-order chi connectivity index (χ1) is 9.02. The largest absolute Gasteiger partial charge is 0.294 e. The predicted octanol–water partition coefficient (Wildman–Crippen LogP) is 0.265. The summed E-state index contributed by atoms with van der Waals surface area (Å²) in [5, 5.41) is 1.98. The van der Waals surface area contributed by atoms with E-state index in [1.807, 2.05) is 28.0 Å². The number of aromatic nitrogens is 3. The Labute approximate surface area is 126 Å². The number of halogens is 1. The SMILES string of the molecule is Cc1ncc(I)c(=O)n1Cc1csc(C(=O)NN)n1. The van der Waals surface area contributed by atoms with Crippen LogP contribution in [0.5, 0.6) is 0 Å². The summed E-state index contributed by atoms with van der Waals surface area (Å²) in [5.74, 6) is 5.19. The first kappa shape index (κ1) is 14.1. The molecule has 0 aliphatic carbocycles. The van der Waals surface area contributed by atoms with Gasteiger partial charge in [0.1, 0.15) is 5.82 Å². The van der Waals surface area contributed by atoms with Gasteiger partial charge < -0.3 is 0 Å². The molecule has 0 radical (unpaired) electrons. The predicted molar refractivity (Wildman–Crippen MR) is 78.8 cm³/mol. The van der Waals surface area contributed by atoms with E-state index < -0.39 is 5.91 Å². The van der Waals surface area contributed by atoms with Crippen LogP contribution in [-0.2, 0) is 6.54 Å². The minimum absolute atomic E-state index is 0.120. The Bertz CT molecular complexity index is 681. The number of hydrogen-bond donors (Lipinski definition) is 2. The highest BCUT2D eigenvalue weighted by Crippen LogP contribution is 2.11. The van der Waals surface area contributed by atoms with E-state index in [0.717, 1.165) is 0 Å². The molecule has 7 nitrogen and oxygen atoms in total. The monoisotopic (exact) mass is 391 g/mol. The van der Waals surface area contributed by atoms with Gasteiger partial charge >= 0.3 is 0 Å². The summed E-state index contributed by atoms with van der Waals surface area (Å²) in [4.78, 5) is 31.5. The van der Waals surface area contributed by atoms with Crippen molar-refractivity contribution in [3.8, 4) is 0 Å². The first-order valence-corrected chi connectivity index (χ1v) is 7.16. The molecule has 0 saturated carbocycles. The Morgan fingerprint density at radius 3 is 3.05 bits per heavy atom. The highest BCUT2D eigenvalue weighted by atomic mass is 127. The van der Waals surface area contributed by atoms with Crippen molar-refractivity contribution in [3.63, 3.8) is 0 Å². The number of carbonyl (C=O) groups is 1. The number of hydrogen-bond acceptors (Lipinski definition) is 6. The summed E-state index contributed by atoms with van der Waals surface area (Å²) >= 11 is 3.11. The summed E-state index contributed by atoms with van der Waals surface area (Å²) in [7, 11) is 0. The lowest BCUT2D eigenvalue weighted by atomic mass is 10.4. The molecule has 0 fully saturated rings. The number of nitrogen functional groups attached to an aromatic ring is 1. The maximum atomic E-state index is 12.0. The molecular formula is C10H10IN5O2S. The van der Waals surface area contributed by atoms with E-state index >= 15 is 0 Å². The topological polar surface area (TPSA) is 103 Å². The molecule has 0 atom stereocenters. The molecular weight excluding hydrogens is 381 g/mol. The zero-order valence-corrected chi connectivity index (χ0v) is 12.9. The van der Waals surface area contributed by atoms with E-state index in [-0.39, 0.29) is 17.1 Å². The van der Waals surface area contributed by atoms with E-state index in [1.54, 1.807) is 12.3 Å². The average Bonchev–Trinajstić information content (AvgIpc) is 2.87. The Morgan fingerprint density at radius 1 is 1.63 bits per heavy atom. The van der Waals surface area contributed by atoms with Gasteiger partial charge in [-0.3, -0.25) is 19.6 Å². The number of aryl methyl sites for hydroxylation is 1. The fourth-order valence-corrected chi connectivity index (χ4v) is 2.59. The van der Waals surface area contributed by atoms with Crippen LogP contribution in [0.25, 0.3) is 0 Å². The van der Waals surface area contributed by atoms with E-state index in [0.29, 0.717) is 15.1 Å². The Balaban J connectivity index is 2.32. The lowest BCUT2D eigenvalue weighted by Crippen LogP contribution is -2.30. The number of thiazole rings is 1. The molecule has 0 aliphatic heterocycles. The molecule has 0 unspecified atom stereocenters. The second kappa shape index (κ2) is 5.75. The van der Waals surface area contributed by atoms with Gasteiger partial charge in [-0.25, -0.2) is 15.8 Å². The number of hydrazine groups is 1. The fourth-order valence-electron chi connectivity index (χ4n) is 1.44. The van der Waals surface area contributed by atoms with Crippen molar-refractivity contribution in [2.24, 2.45) is 5.84 Å². The van der Waals surface area contributed by atoms with Crippen molar-refractivity contribution < 1.29 is 4.79 Å². The van der Waals surface area contributed by atoms with Gasteiger partial charge in [0.2, 0.25) is 0 Å². The Morgan fingerprint density at radius 2 is 2.37 bits per heavy atom. The molecule has 9 heteroatoms. The Hall–Kier alpha value is -1.33. The Kier molecular flexibility index (Phi) is 4.27. The fraction of sp³-hybridized carbons (Fsp3) is 0.200. The van der Waals surface area contributed by atoms with Crippen molar-refractivity contribution in [2.75, 3.05) is 0 Å². The van der Waals surface area contributed by atoms with Gasteiger partial charge in [0.15, 0.2) is 5.01 Å². The average molecular weight is 391 g/mol. The molecule has 100 valence electrons. The molecule has 2 aromatic heterocycles. The zero-order chi connectivity index (χ0) is 14.0. The zero-order valence-electron chi connectivity index (χ0n) is 9.88. The van der Waals surface area contributed by atoms with E-state index in [1.165, 1.54) is 22.1 Å². The van der Waals surface area contributed by atoms with Crippen molar-refractivity contribution in [3.05, 3.63) is 42.0 Å². The molecule has 0 saturated heterocycles. The number of amides is 1. The van der Waals surface area contributed by atoms with Gasteiger partial charge in [-0.05, 0) is 29.5 Å². The summed E-state index contributed by atoms with van der Waals surface area (Å²) in [6.45, 7) is 2.03. The van der Waals surface area contributed by atoms with Gasteiger partial charge in [-0.2, -0.15) is 0 Å². The van der Waals surface area contributed by atoms with Gasteiger partial charge in [0.05, 0.1) is 15.8 Å². The van der Waals surface area contributed by atoms with Crippen molar-refractivity contribution in [1.29, 1.82) is 0 Å². The smallest absolute Gasteiger partial charge is 0.290 e. The van der Waals surface area contributed by atoms with E-state index in [2.05, 4.69) is 9.97 Å². The molecule has 2 rings (SSSR count). The van der Waals surface area contributed by atoms with Gasteiger partial charge in [-0.1, -0.05) is 0 Å². The molecule has 3 N–H and O–H groups in total. The highest BCUT2D eigenvalue weighted by Gasteiger charge is 2.12. The van der Waals surface area contributed by atoms with Gasteiger partial charge in [0.25, 0.3) is 11.5 Å². The highest BCUT2D eigenvalue weighted by molar-refractivity contribution is 14.1. The van der Waals surface area contributed by atoms with Crippen molar-refractivity contribution >= 4 is 39.8 Å². The van der Waals surface area contributed by atoms with E-state index in [4.69, 9.17) is 5.84 Å². The molecule has 0 spiro atoms. The van der Waals surface area contributed by atoms with Crippen LogP contribution in [0.15, 0.2) is 16.4 Å². The lowest BCUT2D eigenvalue weighted by Gasteiger charge is -2.07. The number of nitrogens with two attached hydrogens (primary N) is 1. The van der Waals surface area contributed by atoms with Gasteiger partial charge in [-0.15, -0.1) is 11.3 Å². The molecule has 1 amide bonds. The normalized spacial score (nSPS) is 10.5. The van der Waals surface area contributed by atoms with Crippen LogP contribution in [0.2, 0.25) is 0 Å². The minimum atomic E-state index is -0.443. The molecule has 2 heterocycles. The number of rotatable bonds is 3. The summed E-state index contributed by atoms with van der Waals surface area (Å²) in [6, 6.07) is 0. The quantitative estimate of drug-likeness (QED) is 0.338. The van der Waals surface area contributed by atoms with Crippen LogP contribution in [0.4, 0.5) is 0 Å². The third-order valence-corrected chi connectivity index (χ3v) is 4.03. The van der Waals surface area contributed by atoms with Crippen LogP contribution in [0.3, 0.4) is 0 Å². The summed E-state index contributed by atoms with van der Waals surface area (Å²) < 4.78 is 2.05. The second-order valence-electron chi connectivity index (χ2n) is 3.66. The maximum absolute atomic E-state index is 12.0. The summed E-state index contributed by atoms with van der Waals surface area (Å²) in [6.07, 6.45) is 1.53. The van der Waals surface area contributed by atoms with E-state index in [9.17, 15) is 9.59 Å². The number of nitrogens with zero attached hydrogens (tertiary/aromatic N) is 3. The maximum Gasteiger partial charge on any atom is 0.294 e.